The average molecular weight is 490 g/mol. The van der Waals surface area contributed by atoms with Crippen molar-refractivity contribution in [1.29, 1.82) is 0 Å². The fourth-order valence-electron chi connectivity index (χ4n) is 2.70. The van der Waals surface area contributed by atoms with Crippen molar-refractivity contribution in [1.82, 2.24) is 16.0 Å². The zero-order chi connectivity index (χ0) is 26.4. The van der Waals surface area contributed by atoms with Gasteiger partial charge in [-0.2, -0.15) is 0 Å². The molecule has 34 heavy (non-hydrogen) atoms. The molecule has 0 saturated carbocycles. The van der Waals surface area contributed by atoms with Crippen LogP contribution >= 0.6 is 0 Å². The van der Waals surface area contributed by atoms with Gasteiger partial charge < -0.3 is 48.5 Å². The van der Waals surface area contributed by atoms with E-state index >= 15 is 0 Å². The van der Waals surface area contributed by atoms with Crippen LogP contribution in [0.2, 0.25) is 0 Å². The molecule has 0 heterocycles. The minimum atomic E-state index is -1.58. The Labute approximate surface area is 196 Å². The summed E-state index contributed by atoms with van der Waals surface area (Å²) >= 11 is 0. The number of rotatable bonds is 16. The normalized spacial score (nSPS) is 14.3. The van der Waals surface area contributed by atoms with E-state index in [1.54, 1.807) is 13.8 Å². The van der Waals surface area contributed by atoms with Gasteiger partial charge >= 0.3 is 11.9 Å². The molecular formula is C19H35N7O8. The third kappa shape index (κ3) is 12.0. The lowest BCUT2D eigenvalue weighted by Gasteiger charge is -2.26. The molecule has 15 heteroatoms. The molecular weight excluding hydrogens is 454 g/mol. The number of aliphatic imine (C=N–C) groups is 1. The minimum Gasteiger partial charge on any atom is -0.481 e. The standard InChI is InChI=1S/C19H35N7O8/c1-9(2)14(17(32)25-12(8-27)18(33)34)26-16(31)11(5-6-13(28)29)24-15(30)10(20)4-3-7-23-19(21)22/h9-12,14,27H,3-8,20H2,1-2H3,(H,24,30)(H,25,32)(H,26,31)(H,28,29)(H,33,34)(H4,21,22,23). The first kappa shape index (κ1) is 30.5. The number of aliphatic hydroxyl groups is 1. The summed E-state index contributed by atoms with van der Waals surface area (Å²) in [5.74, 6) is -5.74. The molecule has 0 bridgehead atoms. The largest absolute Gasteiger partial charge is 0.481 e. The van der Waals surface area contributed by atoms with Crippen LogP contribution in [0.3, 0.4) is 0 Å². The number of hydrogen-bond donors (Lipinski definition) is 9. The zero-order valence-corrected chi connectivity index (χ0v) is 19.2. The molecule has 0 aliphatic heterocycles. The van der Waals surface area contributed by atoms with E-state index in [1.165, 1.54) is 0 Å². The third-order valence-electron chi connectivity index (χ3n) is 4.63. The topological polar surface area (TPSA) is 273 Å². The van der Waals surface area contributed by atoms with Crippen LogP contribution in [0.4, 0.5) is 0 Å². The van der Waals surface area contributed by atoms with E-state index in [0.717, 1.165) is 0 Å². The third-order valence-corrected chi connectivity index (χ3v) is 4.63. The van der Waals surface area contributed by atoms with Crippen LogP contribution in [0, 0.1) is 5.92 Å². The Bertz CT molecular complexity index is 755. The monoisotopic (exact) mass is 489 g/mol. The number of nitrogens with two attached hydrogens (primary N) is 3. The highest BCUT2D eigenvalue weighted by molar-refractivity contribution is 5.94. The van der Waals surface area contributed by atoms with Gasteiger partial charge in [-0.15, -0.1) is 0 Å². The van der Waals surface area contributed by atoms with Crippen molar-refractivity contribution >= 4 is 35.6 Å². The lowest BCUT2D eigenvalue weighted by atomic mass is 10.0. The molecule has 15 nitrogen and oxygen atoms in total. The second-order valence-electron chi connectivity index (χ2n) is 7.86. The Morgan fingerprint density at radius 2 is 1.47 bits per heavy atom. The Morgan fingerprint density at radius 3 is 1.94 bits per heavy atom. The van der Waals surface area contributed by atoms with Crippen molar-refractivity contribution in [3.8, 4) is 0 Å². The molecule has 4 unspecified atom stereocenters. The molecule has 0 aromatic carbocycles. The first-order valence-electron chi connectivity index (χ1n) is 10.6. The van der Waals surface area contributed by atoms with E-state index < -0.39 is 72.8 Å². The Balaban J connectivity index is 5.31. The fourth-order valence-corrected chi connectivity index (χ4v) is 2.70. The van der Waals surface area contributed by atoms with Gasteiger partial charge in [-0.3, -0.25) is 24.2 Å². The van der Waals surface area contributed by atoms with Gasteiger partial charge in [0.2, 0.25) is 17.7 Å². The molecule has 12 N–H and O–H groups in total. The van der Waals surface area contributed by atoms with Crippen molar-refractivity contribution in [2.24, 2.45) is 28.1 Å². The number of carbonyl (C=O) groups is 5. The quantitative estimate of drug-likeness (QED) is 0.0580. The Kier molecular flexibility index (Phi) is 13.8. The maximum absolute atomic E-state index is 12.8. The highest BCUT2D eigenvalue weighted by atomic mass is 16.4. The predicted octanol–water partition coefficient (Wildman–Crippen LogP) is -3.58. The highest BCUT2D eigenvalue weighted by Crippen LogP contribution is 2.07. The number of guanidine groups is 1. The summed E-state index contributed by atoms with van der Waals surface area (Å²) in [5, 5.41) is 33.9. The molecule has 0 spiro atoms. The van der Waals surface area contributed by atoms with Crippen LogP contribution in [0.5, 0.6) is 0 Å². The van der Waals surface area contributed by atoms with E-state index in [9.17, 15) is 24.0 Å². The van der Waals surface area contributed by atoms with Crippen molar-refractivity contribution in [3.63, 3.8) is 0 Å². The lowest BCUT2D eigenvalue weighted by Crippen LogP contribution is -2.58. The van der Waals surface area contributed by atoms with Crippen molar-refractivity contribution < 1.29 is 39.3 Å². The van der Waals surface area contributed by atoms with Crippen LogP contribution in [0.25, 0.3) is 0 Å². The summed E-state index contributed by atoms with van der Waals surface area (Å²) in [5.41, 5.74) is 16.2. The molecule has 0 aromatic heterocycles. The SMILES string of the molecule is CC(C)C(NC(=O)C(CCC(=O)O)NC(=O)C(N)CCCN=C(N)N)C(=O)NC(CO)C(=O)O. The number of carboxylic acid groups (broad SMARTS) is 2. The summed E-state index contributed by atoms with van der Waals surface area (Å²) in [6.07, 6.45) is -0.176. The molecule has 0 fully saturated rings. The molecule has 0 aromatic rings. The van der Waals surface area contributed by atoms with Crippen molar-refractivity contribution in [2.45, 2.75) is 63.7 Å². The lowest BCUT2D eigenvalue weighted by molar-refractivity contribution is -0.143. The van der Waals surface area contributed by atoms with E-state index in [-0.39, 0.29) is 25.3 Å². The van der Waals surface area contributed by atoms with Gasteiger partial charge in [0.05, 0.1) is 12.6 Å². The molecule has 0 saturated heterocycles. The maximum Gasteiger partial charge on any atom is 0.328 e. The second kappa shape index (κ2) is 15.4. The van der Waals surface area contributed by atoms with E-state index in [0.29, 0.717) is 6.42 Å². The molecule has 4 atom stereocenters. The summed E-state index contributed by atoms with van der Waals surface area (Å²) < 4.78 is 0. The molecule has 0 aliphatic carbocycles. The number of carbonyl (C=O) groups excluding carboxylic acids is 3. The second-order valence-corrected chi connectivity index (χ2v) is 7.86. The van der Waals surface area contributed by atoms with Crippen LogP contribution in [-0.4, -0.2) is 88.3 Å². The van der Waals surface area contributed by atoms with Gasteiger partial charge in [0, 0.05) is 13.0 Å². The Hall–Kier alpha value is -3.46. The van der Waals surface area contributed by atoms with E-state index in [2.05, 4.69) is 20.9 Å². The average Bonchev–Trinajstić information content (AvgIpc) is 2.74. The van der Waals surface area contributed by atoms with Crippen LogP contribution < -0.4 is 33.2 Å². The number of amides is 3. The number of aliphatic hydroxyl groups excluding tert-OH is 1. The number of carboxylic acids is 2. The molecule has 0 aliphatic rings. The minimum absolute atomic E-state index is 0.110. The van der Waals surface area contributed by atoms with Crippen molar-refractivity contribution in [3.05, 3.63) is 0 Å². The van der Waals surface area contributed by atoms with Gasteiger partial charge in [0.25, 0.3) is 0 Å². The molecule has 0 rings (SSSR count). The highest BCUT2D eigenvalue weighted by Gasteiger charge is 2.31. The number of nitrogens with one attached hydrogen (secondary N) is 3. The van der Waals surface area contributed by atoms with Crippen molar-refractivity contribution in [2.75, 3.05) is 13.2 Å². The molecule has 194 valence electrons. The predicted molar refractivity (Wildman–Crippen MR) is 120 cm³/mol. The summed E-state index contributed by atoms with van der Waals surface area (Å²) in [7, 11) is 0. The van der Waals surface area contributed by atoms with Crippen LogP contribution in [-0.2, 0) is 24.0 Å². The Morgan fingerprint density at radius 1 is 0.882 bits per heavy atom. The zero-order valence-electron chi connectivity index (χ0n) is 19.2. The summed E-state index contributed by atoms with van der Waals surface area (Å²) in [6, 6.07) is -5.16. The number of hydrogen-bond acceptors (Lipinski definition) is 8. The van der Waals surface area contributed by atoms with Gasteiger partial charge in [0.15, 0.2) is 5.96 Å². The van der Waals surface area contributed by atoms with Gasteiger partial charge in [-0.1, -0.05) is 13.8 Å². The van der Waals surface area contributed by atoms with E-state index in [1.807, 2.05) is 0 Å². The fraction of sp³-hybridized carbons (Fsp3) is 0.684. The smallest absolute Gasteiger partial charge is 0.328 e. The maximum atomic E-state index is 12.8. The summed E-state index contributed by atoms with van der Waals surface area (Å²) in [4.78, 5) is 63.5. The first-order chi connectivity index (χ1) is 15.8. The first-order valence-corrected chi connectivity index (χ1v) is 10.6. The summed E-state index contributed by atoms with van der Waals surface area (Å²) in [6.45, 7) is 2.54. The number of nitrogens with zero attached hydrogens (tertiary/aromatic N) is 1. The van der Waals surface area contributed by atoms with Gasteiger partial charge in [0.1, 0.15) is 18.1 Å². The van der Waals surface area contributed by atoms with Gasteiger partial charge in [-0.25, -0.2) is 4.79 Å². The molecule has 3 amide bonds. The number of aliphatic carboxylic acids is 2. The molecule has 0 radical (unpaired) electrons. The van der Waals surface area contributed by atoms with Crippen LogP contribution in [0.1, 0.15) is 39.5 Å². The van der Waals surface area contributed by atoms with Crippen LogP contribution in [0.15, 0.2) is 4.99 Å². The van der Waals surface area contributed by atoms with Gasteiger partial charge in [-0.05, 0) is 25.2 Å². The van der Waals surface area contributed by atoms with E-state index in [4.69, 9.17) is 32.5 Å².